The minimum absolute atomic E-state index is 0.258. The van der Waals surface area contributed by atoms with Crippen molar-refractivity contribution in [3.63, 3.8) is 0 Å². The number of hydrogen-bond acceptors (Lipinski definition) is 4. The molecule has 3 aromatic rings. The van der Waals surface area contributed by atoms with Crippen LogP contribution in [0.15, 0.2) is 82.6 Å². The molecule has 0 bridgehead atoms. The molecular formula is C23H15Cl2NO3S. The lowest BCUT2D eigenvalue weighted by molar-refractivity contribution is -0.119. The molecule has 0 atom stereocenters. The van der Waals surface area contributed by atoms with Crippen LogP contribution in [0, 0.1) is 0 Å². The summed E-state index contributed by atoms with van der Waals surface area (Å²) < 4.78 is 5.21. The predicted molar refractivity (Wildman–Crippen MR) is 121 cm³/mol. The zero-order chi connectivity index (χ0) is 21.3. The Bertz CT molecular complexity index is 1160. The topological polar surface area (TPSA) is 46.6 Å². The highest BCUT2D eigenvalue weighted by atomic mass is 35.5. The molecule has 0 aromatic heterocycles. The minimum atomic E-state index is -0.451. The van der Waals surface area contributed by atoms with Crippen molar-refractivity contribution < 1.29 is 14.3 Å². The predicted octanol–water partition coefficient (Wildman–Crippen LogP) is 6.08. The van der Waals surface area contributed by atoms with Gasteiger partial charge in [0.15, 0.2) is 0 Å². The van der Waals surface area contributed by atoms with Crippen LogP contribution < -0.4 is 9.64 Å². The van der Waals surface area contributed by atoms with Crippen molar-refractivity contribution in [2.75, 3.05) is 12.0 Å². The summed E-state index contributed by atoms with van der Waals surface area (Å²) in [6, 6.07) is 21.1. The molecule has 4 rings (SSSR count). The van der Waals surface area contributed by atoms with Crippen LogP contribution >= 0.6 is 35.0 Å². The number of benzene rings is 3. The number of halogens is 2. The van der Waals surface area contributed by atoms with Gasteiger partial charge in [0, 0.05) is 9.92 Å². The van der Waals surface area contributed by atoms with Gasteiger partial charge in [0.2, 0.25) is 0 Å². The monoisotopic (exact) mass is 455 g/mol. The fourth-order valence-electron chi connectivity index (χ4n) is 3.10. The van der Waals surface area contributed by atoms with Crippen LogP contribution in [0.4, 0.5) is 5.69 Å². The van der Waals surface area contributed by atoms with E-state index in [0.29, 0.717) is 26.8 Å². The second-order valence-corrected chi connectivity index (χ2v) is 8.32. The van der Waals surface area contributed by atoms with Crippen LogP contribution in [0.25, 0.3) is 5.57 Å². The van der Waals surface area contributed by atoms with Crippen LogP contribution in [-0.2, 0) is 9.59 Å². The van der Waals surface area contributed by atoms with E-state index < -0.39 is 11.8 Å². The van der Waals surface area contributed by atoms with Crippen molar-refractivity contribution in [2.45, 2.75) is 4.90 Å². The fraction of sp³-hybridized carbons (Fsp3) is 0.0435. The molecule has 4 nitrogen and oxygen atoms in total. The van der Waals surface area contributed by atoms with Crippen molar-refractivity contribution in [3.8, 4) is 5.75 Å². The normalized spacial score (nSPS) is 13.9. The van der Waals surface area contributed by atoms with Crippen LogP contribution in [0.2, 0.25) is 10.0 Å². The van der Waals surface area contributed by atoms with E-state index in [0.717, 1.165) is 9.80 Å². The first kappa shape index (κ1) is 20.5. The second kappa shape index (κ2) is 8.56. The van der Waals surface area contributed by atoms with Gasteiger partial charge in [0.25, 0.3) is 11.8 Å². The van der Waals surface area contributed by atoms with E-state index in [-0.39, 0.29) is 10.7 Å². The second-order valence-electron chi connectivity index (χ2n) is 6.39. The van der Waals surface area contributed by atoms with Gasteiger partial charge in [-0.3, -0.25) is 9.59 Å². The van der Waals surface area contributed by atoms with Gasteiger partial charge in [0.05, 0.1) is 28.3 Å². The van der Waals surface area contributed by atoms with Gasteiger partial charge in [-0.15, -0.1) is 0 Å². The van der Waals surface area contributed by atoms with Gasteiger partial charge in [-0.05, 0) is 48.0 Å². The van der Waals surface area contributed by atoms with Gasteiger partial charge in [-0.1, -0.05) is 65.3 Å². The van der Waals surface area contributed by atoms with Gasteiger partial charge >= 0.3 is 0 Å². The van der Waals surface area contributed by atoms with Crippen molar-refractivity contribution in [1.29, 1.82) is 0 Å². The first-order valence-corrected chi connectivity index (χ1v) is 10.5. The highest BCUT2D eigenvalue weighted by Gasteiger charge is 2.41. The lowest BCUT2D eigenvalue weighted by Gasteiger charge is -2.17. The van der Waals surface area contributed by atoms with Crippen molar-refractivity contribution >= 4 is 58.0 Å². The SMILES string of the molecule is COc1ccc(C2=C(Sc3ccccc3)C(=O)N(c3cc(Cl)ccc3Cl)C2=O)cc1. The maximum atomic E-state index is 13.4. The molecule has 0 aliphatic carbocycles. The van der Waals surface area contributed by atoms with Crippen molar-refractivity contribution in [2.24, 2.45) is 0 Å². The minimum Gasteiger partial charge on any atom is -0.497 e. The number of thioether (sulfide) groups is 1. The molecule has 0 fully saturated rings. The molecule has 1 aliphatic rings. The summed E-state index contributed by atoms with van der Waals surface area (Å²) in [6.07, 6.45) is 0. The third-order valence-electron chi connectivity index (χ3n) is 4.53. The third kappa shape index (κ3) is 3.84. The summed E-state index contributed by atoms with van der Waals surface area (Å²) in [6.45, 7) is 0. The van der Waals surface area contributed by atoms with E-state index in [1.54, 1.807) is 43.5 Å². The van der Waals surface area contributed by atoms with Crippen LogP contribution in [0.3, 0.4) is 0 Å². The molecule has 0 radical (unpaired) electrons. The molecule has 30 heavy (non-hydrogen) atoms. The molecule has 2 amide bonds. The number of carbonyl (C=O) groups is 2. The lowest BCUT2D eigenvalue weighted by Crippen LogP contribution is -2.31. The highest BCUT2D eigenvalue weighted by molar-refractivity contribution is 8.04. The molecule has 0 spiro atoms. The Morgan fingerprint density at radius 2 is 1.57 bits per heavy atom. The number of imide groups is 1. The summed E-state index contributed by atoms with van der Waals surface area (Å²) >= 11 is 13.6. The molecule has 150 valence electrons. The maximum absolute atomic E-state index is 13.4. The molecule has 7 heteroatoms. The van der Waals surface area contributed by atoms with E-state index in [4.69, 9.17) is 27.9 Å². The Labute approximate surface area is 188 Å². The standard InChI is InChI=1S/C23H15Cl2NO3S/c1-29-16-10-7-14(8-11-16)20-21(30-17-5-3-2-4-6-17)23(28)26(22(20)27)19-13-15(24)9-12-18(19)25/h2-13H,1H3. The van der Waals surface area contributed by atoms with Gasteiger partial charge in [0.1, 0.15) is 5.75 Å². The van der Waals surface area contributed by atoms with E-state index in [1.807, 2.05) is 30.3 Å². The maximum Gasteiger partial charge on any atom is 0.272 e. The average Bonchev–Trinajstić information content (AvgIpc) is 3.00. The van der Waals surface area contributed by atoms with E-state index in [1.165, 1.54) is 17.8 Å². The fourth-order valence-corrected chi connectivity index (χ4v) is 4.48. The summed E-state index contributed by atoms with van der Waals surface area (Å²) in [4.78, 5) is 29.1. The molecule has 1 heterocycles. The number of carbonyl (C=O) groups excluding carboxylic acids is 2. The first-order valence-electron chi connectivity index (χ1n) is 8.95. The Morgan fingerprint density at radius 1 is 0.867 bits per heavy atom. The Hall–Kier alpha value is -2.73. The Kier molecular flexibility index (Phi) is 5.86. The molecule has 0 N–H and O–H groups in total. The largest absolute Gasteiger partial charge is 0.497 e. The highest BCUT2D eigenvalue weighted by Crippen LogP contribution is 2.43. The number of hydrogen-bond donors (Lipinski definition) is 0. The molecule has 0 saturated carbocycles. The zero-order valence-electron chi connectivity index (χ0n) is 15.8. The number of anilines is 1. The number of methoxy groups -OCH3 is 1. The Balaban J connectivity index is 1.84. The number of nitrogens with zero attached hydrogens (tertiary/aromatic N) is 1. The summed E-state index contributed by atoms with van der Waals surface area (Å²) in [5.41, 5.74) is 1.19. The van der Waals surface area contributed by atoms with Crippen LogP contribution in [0.5, 0.6) is 5.75 Å². The smallest absolute Gasteiger partial charge is 0.272 e. The summed E-state index contributed by atoms with van der Waals surface area (Å²) in [5, 5.41) is 0.645. The molecule has 3 aromatic carbocycles. The number of rotatable bonds is 5. The van der Waals surface area contributed by atoms with Crippen molar-refractivity contribution in [1.82, 2.24) is 0 Å². The third-order valence-corrected chi connectivity index (χ3v) is 6.18. The van der Waals surface area contributed by atoms with E-state index in [9.17, 15) is 9.59 Å². The van der Waals surface area contributed by atoms with Crippen LogP contribution in [-0.4, -0.2) is 18.9 Å². The molecule has 0 saturated heterocycles. The summed E-state index contributed by atoms with van der Waals surface area (Å²) in [7, 11) is 1.57. The Morgan fingerprint density at radius 3 is 2.23 bits per heavy atom. The molecule has 0 unspecified atom stereocenters. The molecule has 1 aliphatic heterocycles. The lowest BCUT2D eigenvalue weighted by atomic mass is 10.1. The number of amides is 2. The van der Waals surface area contributed by atoms with Crippen LogP contribution in [0.1, 0.15) is 5.56 Å². The first-order chi connectivity index (χ1) is 14.5. The van der Waals surface area contributed by atoms with Gasteiger partial charge in [-0.2, -0.15) is 0 Å². The quantitative estimate of drug-likeness (QED) is 0.437. The van der Waals surface area contributed by atoms with Gasteiger partial charge < -0.3 is 4.74 Å². The van der Waals surface area contributed by atoms with E-state index in [2.05, 4.69) is 0 Å². The number of ether oxygens (including phenoxy) is 1. The molecular weight excluding hydrogens is 441 g/mol. The van der Waals surface area contributed by atoms with Gasteiger partial charge in [-0.25, -0.2) is 4.90 Å². The van der Waals surface area contributed by atoms with Crippen molar-refractivity contribution in [3.05, 3.63) is 93.3 Å². The zero-order valence-corrected chi connectivity index (χ0v) is 18.1. The average molecular weight is 456 g/mol. The summed E-state index contributed by atoms with van der Waals surface area (Å²) in [5.74, 6) is -0.236. The van der Waals surface area contributed by atoms with E-state index >= 15 is 0 Å².